The second-order valence-electron chi connectivity index (χ2n) is 3.73. The molecule has 2 aromatic rings. The summed E-state index contributed by atoms with van der Waals surface area (Å²) in [4.78, 5) is 1.18. The SMILES string of the molecule is OC(CSc1ccccc1Br)Cc1ccsc1. The average molecular weight is 329 g/mol. The number of aliphatic hydroxyl groups is 1. The second kappa shape index (κ2) is 6.59. The Labute approximate surface area is 118 Å². The number of hydrogen-bond acceptors (Lipinski definition) is 3. The van der Waals surface area contributed by atoms with Crippen LogP contribution < -0.4 is 0 Å². The van der Waals surface area contributed by atoms with Gasteiger partial charge in [0.05, 0.1) is 6.10 Å². The van der Waals surface area contributed by atoms with Gasteiger partial charge in [0.15, 0.2) is 0 Å². The molecule has 1 aromatic heterocycles. The van der Waals surface area contributed by atoms with Gasteiger partial charge in [0.25, 0.3) is 0 Å². The van der Waals surface area contributed by atoms with Crippen LogP contribution in [0.5, 0.6) is 0 Å². The number of thiophene rings is 1. The maximum atomic E-state index is 9.94. The van der Waals surface area contributed by atoms with Gasteiger partial charge in [0, 0.05) is 15.1 Å². The highest BCUT2D eigenvalue weighted by molar-refractivity contribution is 9.10. The Hall–Kier alpha value is -0.290. The van der Waals surface area contributed by atoms with Crippen molar-refractivity contribution in [1.29, 1.82) is 0 Å². The summed E-state index contributed by atoms with van der Waals surface area (Å²) in [6.07, 6.45) is 0.447. The number of rotatable bonds is 5. The zero-order chi connectivity index (χ0) is 12.1. The molecule has 0 aliphatic rings. The molecule has 0 aliphatic heterocycles. The van der Waals surface area contributed by atoms with E-state index in [0.717, 1.165) is 16.6 Å². The first-order chi connectivity index (χ1) is 8.25. The van der Waals surface area contributed by atoms with Crippen molar-refractivity contribution in [2.24, 2.45) is 0 Å². The Kier molecular flexibility index (Phi) is 5.10. The molecule has 1 unspecified atom stereocenters. The Bertz CT molecular complexity index is 456. The number of thioether (sulfide) groups is 1. The zero-order valence-electron chi connectivity index (χ0n) is 9.17. The van der Waals surface area contributed by atoms with Crippen LogP contribution in [-0.2, 0) is 6.42 Å². The van der Waals surface area contributed by atoms with Crippen molar-refractivity contribution in [1.82, 2.24) is 0 Å². The molecular formula is C13H13BrOS2. The smallest absolute Gasteiger partial charge is 0.0674 e. The molecule has 2 rings (SSSR count). The summed E-state index contributed by atoms with van der Waals surface area (Å²) >= 11 is 6.86. The third-order valence-corrected chi connectivity index (χ3v) is 5.22. The highest BCUT2D eigenvalue weighted by Crippen LogP contribution is 2.27. The molecule has 1 N–H and O–H groups in total. The van der Waals surface area contributed by atoms with Gasteiger partial charge in [-0.2, -0.15) is 11.3 Å². The lowest BCUT2D eigenvalue weighted by Crippen LogP contribution is -2.12. The summed E-state index contributed by atoms with van der Waals surface area (Å²) in [5.74, 6) is 0.721. The standard InChI is InChI=1S/C13H13BrOS2/c14-12-3-1-2-4-13(12)17-9-11(15)7-10-5-6-16-8-10/h1-6,8,11,15H,7,9H2. The summed E-state index contributed by atoms with van der Waals surface area (Å²) in [6, 6.07) is 10.2. The van der Waals surface area contributed by atoms with Gasteiger partial charge in [-0.15, -0.1) is 11.8 Å². The predicted molar refractivity (Wildman–Crippen MR) is 78.9 cm³/mol. The van der Waals surface area contributed by atoms with Gasteiger partial charge in [0.1, 0.15) is 0 Å². The Balaban J connectivity index is 1.84. The van der Waals surface area contributed by atoms with Crippen LogP contribution in [0.3, 0.4) is 0 Å². The zero-order valence-corrected chi connectivity index (χ0v) is 12.4. The summed E-state index contributed by atoms with van der Waals surface area (Å²) in [7, 11) is 0. The molecule has 4 heteroatoms. The monoisotopic (exact) mass is 328 g/mol. The second-order valence-corrected chi connectivity index (χ2v) is 6.43. The van der Waals surface area contributed by atoms with Crippen molar-refractivity contribution in [2.75, 3.05) is 5.75 Å². The molecule has 0 saturated carbocycles. The molecule has 0 saturated heterocycles. The van der Waals surface area contributed by atoms with Gasteiger partial charge in [-0.05, 0) is 56.9 Å². The van der Waals surface area contributed by atoms with E-state index in [2.05, 4.69) is 33.4 Å². The lowest BCUT2D eigenvalue weighted by molar-refractivity contribution is 0.200. The van der Waals surface area contributed by atoms with Gasteiger partial charge in [-0.1, -0.05) is 12.1 Å². The van der Waals surface area contributed by atoms with Crippen LogP contribution in [-0.4, -0.2) is 17.0 Å². The highest BCUT2D eigenvalue weighted by Gasteiger charge is 2.08. The summed E-state index contributed by atoms with van der Waals surface area (Å²) < 4.78 is 1.09. The maximum absolute atomic E-state index is 9.94. The highest BCUT2D eigenvalue weighted by atomic mass is 79.9. The normalized spacial score (nSPS) is 12.6. The largest absolute Gasteiger partial charge is 0.392 e. The number of benzene rings is 1. The molecule has 1 aromatic carbocycles. The number of halogens is 1. The van der Waals surface area contributed by atoms with E-state index >= 15 is 0 Å². The molecule has 0 bridgehead atoms. The molecule has 17 heavy (non-hydrogen) atoms. The van der Waals surface area contributed by atoms with E-state index in [4.69, 9.17) is 0 Å². The summed E-state index contributed by atoms with van der Waals surface area (Å²) in [5.41, 5.74) is 1.22. The number of aliphatic hydroxyl groups excluding tert-OH is 1. The van der Waals surface area contributed by atoms with Crippen LogP contribution in [0.15, 0.2) is 50.5 Å². The van der Waals surface area contributed by atoms with Crippen LogP contribution >= 0.6 is 39.0 Å². The third-order valence-electron chi connectivity index (χ3n) is 2.32. The topological polar surface area (TPSA) is 20.2 Å². The predicted octanol–water partition coefficient (Wildman–Crippen LogP) is 4.21. The Morgan fingerprint density at radius 3 is 2.82 bits per heavy atom. The first-order valence-corrected chi connectivity index (χ1v) is 8.04. The molecular weight excluding hydrogens is 316 g/mol. The Morgan fingerprint density at radius 2 is 2.12 bits per heavy atom. The fourth-order valence-electron chi connectivity index (χ4n) is 1.49. The van der Waals surface area contributed by atoms with Crippen molar-refractivity contribution < 1.29 is 5.11 Å². The molecule has 1 atom stereocenters. The van der Waals surface area contributed by atoms with E-state index in [1.54, 1.807) is 23.1 Å². The average Bonchev–Trinajstić information content (AvgIpc) is 2.81. The lowest BCUT2D eigenvalue weighted by atomic mass is 10.2. The van der Waals surface area contributed by atoms with E-state index in [9.17, 15) is 5.11 Å². The van der Waals surface area contributed by atoms with Crippen molar-refractivity contribution in [2.45, 2.75) is 17.4 Å². The first kappa shape index (κ1) is 13.1. The van der Waals surface area contributed by atoms with E-state index in [-0.39, 0.29) is 6.10 Å². The van der Waals surface area contributed by atoms with Crippen molar-refractivity contribution >= 4 is 39.0 Å². The van der Waals surface area contributed by atoms with Crippen LogP contribution in [0, 0.1) is 0 Å². The molecule has 0 amide bonds. The van der Waals surface area contributed by atoms with Crippen LogP contribution in [0.2, 0.25) is 0 Å². The van der Waals surface area contributed by atoms with E-state index < -0.39 is 0 Å². The molecule has 0 spiro atoms. The molecule has 0 radical (unpaired) electrons. The van der Waals surface area contributed by atoms with Crippen LogP contribution in [0.1, 0.15) is 5.56 Å². The minimum atomic E-state index is -0.290. The number of hydrogen-bond donors (Lipinski definition) is 1. The summed E-state index contributed by atoms with van der Waals surface area (Å²) in [5, 5.41) is 14.1. The molecule has 0 aliphatic carbocycles. The Morgan fingerprint density at radius 1 is 1.29 bits per heavy atom. The van der Waals surface area contributed by atoms with Gasteiger partial charge in [0.2, 0.25) is 0 Å². The van der Waals surface area contributed by atoms with Crippen LogP contribution in [0.25, 0.3) is 0 Å². The van der Waals surface area contributed by atoms with E-state index in [1.807, 2.05) is 23.6 Å². The van der Waals surface area contributed by atoms with Gasteiger partial charge < -0.3 is 5.11 Å². The van der Waals surface area contributed by atoms with Crippen molar-refractivity contribution in [3.63, 3.8) is 0 Å². The molecule has 90 valence electrons. The van der Waals surface area contributed by atoms with Gasteiger partial charge in [-0.25, -0.2) is 0 Å². The van der Waals surface area contributed by atoms with Gasteiger partial charge >= 0.3 is 0 Å². The van der Waals surface area contributed by atoms with Crippen molar-refractivity contribution in [3.05, 3.63) is 51.1 Å². The van der Waals surface area contributed by atoms with Crippen LogP contribution in [0.4, 0.5) is 0 Å². The summed E-state index contributed by atoms with van der Waals surface area (Å²) in [6.45, 7) is 0. The van der Waals surface area contributed by atoms with Crippen molar-refractivity contribution in [3.8, 4) is 0 Å². The fraction of sp³-hybridized carbons (Fsp3) is 0.231. The van der Waals surface area contributed by atoms with E-state index in [1.165, 1.54) is 10.5 Å². The fourth-order valence-corrected chi connectivity index (χ4v) is 3.67. The minimum absolute atomic E-state index is 0.290. The molecule has 0 fully saturated rings. The van der Waals surface area contributed by atoms with E-state index in [0.29, 0.717) is 0 Å². The molecule has 1 nitrogen and oxygen atoms in total. The maximum Gasteiger partial charge on any atom is 0.0674 e. The minimum Gasteiger partial charge on any atom is -0.392 e. The lowest BCUT2D eigenvalue weighted by Gasteiger charge is -2.10. The quantitative estimate of drug-likeness (QED) is 0.830. The van der Waals surface area contributed by atoms with Gasteiger partial charge in [-0.3, -0.25) is 0 Å². The third kappa shape index (κ3) is 4.14. The first-order valence-electron chi connectivity index (χ1n) is 5.32. The molecule has 1 heterocycles.